The fourth-order valence-electron chi connectivity index (χ4n) is 2.97. The second-order valence-corrected chi connectivity index (χ2v) is 9.36. The molecule has 0 spiro atoms. The zero-order valence-corrected chi connectivity index (χ0v) is 15.2. The van der Waals surface area contributed by atoms with Gasteiger partial charge in [0, 0.05) is 11.0 Å². The van der Waals surface area contributed by atoms with E-state index in [-0.39, 0.29) is 22.3 Å². The fourth-order valence-corrected chi connectivity index (χ4v) is 5.03. The minimum Gasteiger partial charge on any atom is -0.392 e. The van der Waals surface area contributed by atoms with Crippen molar-refractivity contribution >= 4 is 26.0 Å². The van der Waals surface area contributed by atoms with Crippen LogP contribution in [0.2, 0.25) is 0 Å². The van der Waals surface area contributed by atoms with Gasteiger partial charge in [-0.1, -0.05) is 33.8 Å². The number of hydrogen-bond acceptors (Lipinski definition) is 3. The van der Waals surface area contributed by atoms with Gasteiger partial charge in [0.25, 0.3) is 0 Å². The Morgan fingerprint density at radius 1 is 1.24 bits per heavy atom. The molecule has 118 valence electrons. The monoisotopic (exact) mass is 375 g/mol. The van der Waals surface area contributed by atoms with E-state index in [1.807, 2.05) is 0 Å². The Morgan fingerprint density at radius 3 is 2.29 bits per heavy atom. The van der Waals surface area contributed by atoms with Gasteiger partial charge in [-0.2, -0.15) is 0 Å². The van der Waals surface area contributed by atoms with Crippen LogP contribution in [0.25, 0.3) is 0 Å². The van der Waals surface area contributed by atoms with Crippen molar-refractivity contribution in [1.29, 1.82) is 0 Å². The van der Waals surface area contributed by atoms with Crippen LogP contribution in [0.1, 0.15) is 33.3 Å². The van der Waals surface area contributed by atoms with Crippen molar-refractivity contribution in [3.05, 3.63) is 28.2 Å². The molecule has 4 nitrogen and oxygen atoms in total. The summed E-state index contributed by atoms with van der Waals surface area (Å²) in [5, 5.41) is 9.15. The van der Waals surface area contributed by atoms with E-state index in [9.17, 15) is 8.42 Å². The lowest BCUT2D eigenvalue weighted by molar-refractivity contribution is 0.281. The Kier molecular flexibility index (Phi) is 4.30. The molecule has 1 aliphatic carbocycles. The zero-order valence-electron chi connectivity index (χ0n) is 12.8. The van der Waals surface area contributed by atoms with Crippen LogP contribution in [0.3, 0.4) is 0 Å². The van der Waals surface area contributed by atoms with Crippen molar-refractivity contribution in [3.63, 3.8) is 0 Å². The summed E-state index contributed by atoms with van der Waals surface area (Å²) < 4.78 is 28.1. The predicted molar refractivity (Wildman–Crippen MR) is 86.3 cm³/mol. The van der Waals surface area contributed by atoms with E-state index >= 15 is 0 Å². The number of nitrogens with one attached hydrogen (secondary N) is 1. The van der Waals surface area contributed by atoms with Crippen LogP contribution >= 0.6 is 15.9 Å². The molecular weight excluding hydrogens is 354 g/mol. The lowest BCUT2D eigenvalue weighted by Crippen LogP contribution is -2.27. The number of halogens is 1. The van der Waals surface area contributed by atoms with Crippen molar-refractivity contribution < 1.29 is 13.5 Å². The molecule has 0 aliphatic heterocycles. The Morgan fingerprint density at radius 2 is 1.81 bits per heavy atom. The Bertz CT molecular complexity index is 639. The smallest absolute Gasteiger partial charge is 0.241 e. The first-order chi connectivity index (χ1) is 9.54. The molecule has 0 saturated heterocycles. The lowest BCUT2D eigenvalue weighted by atomic mass is 10.0. The van der Waals surface area contributed by atoms with Crippen molar-refractivity contribution in [2.45, 2.75) is 39.2 Å². The second kappa shape index (κ2) is 5.33. The highest BCUT2D eigenvalue weighted by atomic mass is 79.9. The Labute approximate surface area is 135 Å². The van der Waals surface area contributed by atoms with Crippen LogP contribution in [0.4, 0.5) is 0 Å². The Hall–Kier alpha value is -0.430. The maximum Gasteiger partial charge on any atom is 0.241 e. The number of aliphatic hydroxyl groups excluding tert-OH is 1. The van der Waals surface area contributed by atoms with E-state index in [0.29, 0.717) is 22.5 Å². The number of hydrogen-bond donors (Lipinski definition) is 2. The Balaban J connectivity index is 2.17. The molecule has 0 aromatic heterocycles. The molecule has 1 aromatic carbocycles. The molecule has 0 amide bonds. The molecule has 2 N–H and O–H groups in total. The molecule has 0 atom stereocenters. The molecule has 0 heterocycles. The highest BCUT2D eigenvalue weighted by Gasteiger charge is 2.64. The molecule has 1 aromatic rings. The number of benzene rings is 1. The van der Waals surface area contributed by atoms with Gasteiger partial charge >= 0.3 is 0 Å². The molecule has 1 saturated carbocycles. The summed E-state index contributed by atoms with van der Waals surface area (Å²) >= 11 is 3.26. The van der Waals surface area contributed by atoms with E-state index in [4.69, 9.17) is 5.11 Å². The van der Waals surface area contributed by atoms with E-state index in [1.165, 1.54) is 6.07 Å². The van der Waals surface area contributed by atoms with Crippen molar-refractivity contribution in [1.82, 2.24) is 4.72 Å². The summed E-state index contributed by atoms with van der Waals surface area (Å²) in [5.74, 6) is 0.319. The third kappa shape index (κ3) is 2.91. The van der Waals surface area contributed by atoms with Crippen LogP contribution in [0.15, 0.2) is 27.6 Å². The first kappa shape index (κ1) is 16.9. The van der Waals surface area contributed by atoms with Gasteiger partial charge in [0.1, 0.15) is 0 Å². The van der Waals surface area contributed by atoms with Gasteiger partial charge in [0.05, 0.1) is 11.5 Å². The highest BCUT2D eigenvalue weighted by molar-refractivity contribution is 9.10. The van der Waals surface area contributed by atoms with Crippen molar-refractivity contribution in [3.8, 4) is 0 Å². The van der Waals surface area contributed by atoms with Gasteiger partial charge in [0.2, 0.25) is 10.0 Å². The minimum atomic E-state index is -3.59. The summed E-state index contributed by atoms with van der Waals surface area (Å²) in [6.45, 7) is 8.89. The van der Waals surface area contributed by atoms with Gasteiger partial charge < -0.3 is 5.11 Å². The summed E-state index contributed by atoms with van der Waals surface area (Å²) in [5.41, 5.74) is 0.852. The molecule has 0 radical (unpaired) electrons. The summed E-state index contributed by atoms with van der Waals surface area (Å²) in [6, 6.07) is 4.83. The maximum absolute atomic E-state index is 12.5. The fraction of sp³-hybridized carbons (Fsp3) is 0.600. The van der Waals surface area contributed by atoms with Gasteiger partial charge in [-0.25, -0.2) is 13.1 Å². The summed E-state index contributed by atoms with van der Waals surface area (Å²) in [4.78, 5) is 0.172. The van der Waals surface area contributed by atoms with E-state index in [0.717, 1.165) is 0 Å². The SMILES string of the molecule is CC1(C)C(CNS(=O)(=O)c2cc(CO)ccc2Br)C1(C)C. The number of rotatable bonds is 5. The van der Waals surface area contributed by atoms with Crippen molar-refractivity contribution in [2.24, 2.45) is 16.7 Å². The van der Waals surface area contributed by atoms with E-state index in [1.54, 1.807) is 12.1 Å². The third-order valence-electron chi connectivity index (χ3n) is 5.26. The highest BCUT2D eigenvalue weighted by Crippen LogP contribution is 2.67. The third-order valence-corrected chi connectivity index (χ3v) is 7.68. The normalized spacial score (nSPS) is 20.5. The van der Waals surface area contributed by atoms with Gasteiger partial charge in [0.15, 0.2) is 0 Å². The largest absolute Gasteiger partial charge is 0.392 e. The molecule has 2 rings (SSSR count). The average Bonchev–Trinajstić information content (AvgIpc) is 2.77. The first-order valence-corrected chi connectivity index (χ1v) is 9.20. The van der Waals surface area contributed by atoms with Crippen LogP contribution in [-0.2, 0) is 16.6 Å². The van der Waals surface area contributed by atoms with Crippen LogP contribution in [-0.4, -0.2) is 20.1 Å². The summed E-state index contributed by atoms with van der Waals surface area (Å²) in [7, 11) is -3.59. The zero-order chi connectivity index (χ0) is 16.1. The standard InChI is InChI=1S/C15H22BrNO3S/c1-14(2)13(15(14,3)4)8-17-21(19,20)12-7-10(9-18)5-6-11(12)16/h5-7,13,17-18H,8-9H2,1-4H3. The molecule has 0 unspecified atom stereocenters. The van der Waals surface area contributed by atoms with Gasteiger partial charge in [-0.05, 0) is 50.4 Å². The minimum absolute atomic E-state index is 0.139. The van der Waals surface area contributed by atoms with Crippen LogP contribution in [0.5, 0.6) is 0 Å². The van der Waals surface area contributed by atoms with Crippen molar-refractivity contribution in [2.75, 3.05) is 6.54 Å². The molecular formula is C15H22BrNO3S. The quantitative estimate of drug-likeness (QED) is 0.831. The number of sulfonamides is 1. The first-order valence-electron chi connectivity index (χ1n) is 6.93. The van der Waals surface area contributed by atoms with Crippen LogP contribution < -0.4 is 4.72 Å². The van der Waals surface area contributed by atoms with Crippen LogP contribution in [0, 0.1) is 16.7 Å². The van der Waals surface area contributed by atoms with E-state index < -0.39 is 10.0 Å². The predicted octanol–water partition coefficient (Wildman–Crippen LogP) is 2.90. The lowest BCUT2D eigenvalue weighted by Gasteiger charge is -2.10. The molecule has 1 aliphatic rings. The molecule has 6 heteroatoms. The number of aliphatic hydroxyl groups is 1. The van der Waals surface area contributed by atoms with Gasteiger partial charge in [-0.15, -0.1) is 0 Å². The molecule has 0 bridgehead atoms. The average molecular weight is 376 g/mol. The maximum atomic E-state index is 12.5. The van der Waals surface area contributed by atoms with Gasteiger partial charge in [-0.3, -0.25) is 0 Å². The molecule has 21 heavy (non-hydrogen) atoms. The molecule has 1 fully saturated rings. The second-order valence-electron chi connectivity index (χ2n) is 6.77. The topological polar surface area (TPSA) is 66.4 Å². The summed E-state index contributed by atoms with van der Waals surface area (Å²) in [6.07, 6.45) is 0. The van der Waals surface area contributed by atoms with E-state index in [2.05, 4.69) is 48.3 Å².